The van der Waals surface area contributed by atoms with Gasteiger partial charge in [0.25, 0.3) is 0 Å². The van der Waals surface area contributed by atoms with E-state index < -0.39 is 23.5 Å². The van der Waals surface area contributed by atoms with Crippen LogP contribution in [0.5, 0.6) is 11.5 Å². The van der Waals surface area contributed by atoms with Gasteiger partial charge in [-0.1, -0.05) is 6.07 Å². The molecule has 0 aromatic heterocycles. The second kappa shape index (κ2) is 12.7. The molecule has 0 saturated heterocycles. The lowest BCUT2D eigenvalue weighted by molar-refractivity contribution is 0.0546. The van der Waals surface area contributed by atoms with Crippen molar-refractivity contribution in [3.05, 3.63) is 59.7 Å². The predicted octanol–water partition coefficient (Wildman–Crippen LogP) is 4.11. The zero-order valence-corrected chi connectivity index (χ0v) is 18.3. The minimum absolute atomic E-state index is 0. The summed E-state index contributed by atoms with van der Waals surface area (Å²) in [6.45, 7) is 6.95. The Bertz CT molecular complexity index is 757. The second-order valence-corrected chi connectivity index (χ2v) is 7.26. The molecule has 2 N–H and O–H groups in total. The second-order valence-electron chi connectivity index (χ2n) is 7.26. The third-order valence-electron chi connectivity index (χ3n) is 4.05. The van der Waals surface area contributed by atoms with Crippen molar-refractivity contribution in [2.45, 2.75) is 39.0 Å². The van der Waals surface area contributed by atoms with E-state index in [-0.39, 0.29) is 12.4 Å². The Balaban J connectivity index is 0.00000450. The van der Waals surface area contributed by atoms with Crippen molar-refractivity contribution in [3.63, 3.8) is 0 Å². The average Bonchev–Trinajstić information content (AvgIpc) is 2.65. The van der Waals surface area contributed by atoms with Crippen LogP contribution in [0.25, 0.3) is 0 Å². The number of hydrogen-bond acceptors (Lipinski definition) is 5. The van der Waals surface area contributed by atoms with Crippen molar-refractivity contribution in [2.75, 3.05) is 26.4 Å². The van der Waals surface area contributed by atoms with Gasteiger partial charge in [0, 0.05) is 12.6 Å². The van der Waals surface area contributed by atoms with E-state index in [4.69, 9.17) is 14.2 Å². The molecule has 30 heavy (non-hydrogen) atoms. The lowest BCUT2D eigenvalue weighted by Crippen LogP contribution is -2.47. The van der Waals surface area contributed by atoms with Gasteiger partial charge in [-0.25, -0.2) is 8.78 Å². The van der Waals surface area contributed by atoms with Crippen LogP contribution in [0.4, 0.5) is 8.78 Å². The van der Waals surface area contributed by atoms with Crippen LogP contribution in [0.1, 0.15) is 26.3 Å². The first-order valence-corrected chi connectivity index (χ1v) is 9.62. The van der Waals surface area contributed by atoms with Crippen LogP contribution in [-0.2, 0) is 11.2 Å². The summed E-state index contributed by atoms with van der Waals surface area (Å²) >= 11 is 0. The molecule has 0 aliphatic heterocycles. The average molecular weight is 446 g/mol. The van der Waals surface area contributed by atoms with Crippen molar-refractivity contribution in [1.82, 2.24) is 5.32 Å². The van der Waals surface area contributed by atoms with Crippen LogP contribution in [0.15, 0.2) is 42.5 Å². The molecule has 0 bridgehead atoms. The summed E-state index contributed by atoms with van der Waals surface area (Å²) in [5.41, 5.74) is -0.189. The Labute approximate surface area is 182 Å². The minimum atomic E-state index is -0.614. The highest BCUT2D eigenvalue weighted by Crippen LogP contribution is 2.21. The van der Waals surface area contributed by atoms with Crippen molar-refractivity contribution in [3.8, 4) is 11.5 Å². The van der Waals surface area contributed by atoms with Gasteiger partial charge in [-0.15, -0.1) is 12.4 Å². The Morgan fingerprint density at radius 2 is 1.67 bits per heavy atom. The lowest BCUT2D eigenvalue weighted by atomic mass is 10.1. The molecule has 0 aliphatic rings. The molecular weight excluding hydrogens is 416 g/mol. The van der Waals surface area contributed by atoms with Crippen LogP contribution >= 0.6 is 12.4 Å². The van der Waals surface area contributed by atoms with Crippen molar-refractivity contribution >= 4 is 12.4 Å². The van der Waals surface area contributed by atoms with Gasteiger partial charge < -0.3 is 19.3 Å². The maximum absolute atomic E-state index is 13.5. The number of rotatable bonds is 12. The quantitative estimate of drug-likeness (QED) is 0.380. The van der Waals surface area contributed by atoms with E-state index in [0.29, 0.717) is 49.8 Å². The third-order valence-corrected chi connectivity index (χ3v) is 4.05. The summed E-state index contributed by atoms with van der Waals surface area (Å²) in [5, 5.41) is 12.5. The molecule has 8 heteroatoms. The van der Waals surface area contributed by atoms with E-state index in [0.717, 1.165) is 6.07 Å². The zero-order valence-electron chi connectivity index (χ0n) is 17.5. The zero-order chi connectivity index (χ0) is 21.3. The molecular formula is C22H30ClF2NO4. The Hall–Kier alpha value is -1.93. The van der Waals surface area contributed by atoms with E-state index in [1.807, 2.05) is 13.8 Å². The fourth-order valence-electron chi connectivity index (χ4n) is 2.56. The van der Waals surface area contributed by atoms with Crippen LogP contribution in [0.3, 0.4) is 0 Å². The number of nitrogens with one attached hydrogen (secondary N) is 1. The van der Waals surface area contributed by atoms with Crippen LogP contribution in [0.2, 0.25) is 0 Å². The van der Waals surface area contributed by atoms with E-state index >= 15 is 0 Å². The van der Waals surface area contributed by atoms with Gasteiger partial charge in [-0.3, -0.25) is 5.32 Å². The molecule has 0 heterocycles. The van der Waals surface area contributed by atoms with Crippen molar-refractivity contribution in [1.29, 1.82) is 0 Å². The highest BCUT2D eigenvalue weighted by atomic mass is 35.5. The predicted molar refractivity (Wildman–Crippen MR) is 114 cm³/mol. The largest absolute Gasteiger partial charge is 0.491 e. The maximum atomic E-state index is 13.5. The van der Waals surface area contributed by atoms with Gasteiger partial charge in [0.1, 0.15) is 29.7 Å². The van der Waals surface area contributed by atoms with Gasteiger partial charge in [0.15, 0.2) is 5.72 Å². The molecule has 2 rings (SSSR count). The molecule has 0 radical (unpaired) electrons. The van der Waals surface area contributed by atoms with E-state index in [9.17, 15) is 13.9 Å². The number of aliphatic hydroxyl groups excluding tert-OH is 1. The summed E-state index contributed by atoms with van der Waals surface area (Å²) in [6.07, 6.45) is -0.0811. The smallest absolute Gasteiger partial charge is 0.155 e. The molecule has 0 aliphatic carbocycles. The molecule has 1 unspecified atom stereocenters. The summed E-state index contributed by atoms with van der Waals surface area (Å²) in [6, 6.07) is 10.7. The fourth-order valence-corrected chi connectivity index (χ4v) is 2.56. The highest BCUT2D eigenvalue weighted by Gasteiger charge is 2.19. The van der Waals surface area contributed by atoms with E-state index in [2.05, 4.69) is 5.32 Å². The first kappa shape index (κ1) is 26.1. The van der Waals surface area contributed by atoms with Gasteiger partial charge >= 0.3 is 0 Å². The van der Waals surface area contributed by atoms with Gasteiger partial charge in [-0.2, -0.15) is 0 Å². The summed E-state index contributed by atoms with van der Waals surface area (Å²) < 4.78 is 43.3. The standard InChI is InChI=1S/C22H29F2NO4.ClH/c1-16(26)15-25-22(2,3)29-20-8-6-19(7-9-20)28-13-12-27-11-10-17-4-5-18(23)14-21(17)24;/h4-9,14,16,25-26H,10-13,15H2,1-3H3;1H. The molecule has 2 aromatic rings. The highest BCUT2D eigenvalue weighted by molar-refractivity contribution is 5.85. The van der Waals surface area contributed by atoms with Crippen LogP contribution < -0.4 is 14.8 Å². The Morgan fingerprint density at radius 3 is 2.30 bits per heavy atom. The Morgan fingerprint density at radius 1 is 1.00 bits per heavy atom. The monoisotopic (exact) mass is 445 g/mol. The maximum Gasteiger partial charge on any atom is 0.155 e. The van der Waals surface area contributed by atoms with Crippen LogP contribution in [-0.4, -0.2) is 43.3 Å². The number of hydrogen-bond donors (Lipinski definition) is 2. The summed E-state index contributed by atoms with van der Waals surface area (Å²) in [4.78, 5) is 0. The number of ether oxygens (including phenoxy) is 3. The van der Waals surface area contributed by atoms with Crippen LogP contribution in [0, 0.1) is 11.6 Å². The number of halogens is 3. The first-order chi connectivity index (χ1) is 13.7. The summed E-state index contributed by atoms with van der Waals surface area (Å²) in [7, 11) is 0. The summed E-state index contributed by atoms with van der Waals surface area (Å²) in [5.74, 6) is 0.214. The van der Waals surface area contributed by atoms with E-state index in [1.165, 1.54) is 12.1 Å². The first-order valence-electron chi connectivity index (χ1n) is 9.62. The molecule has 0 amide bonds. The SMILES string of the molecule is CC(O)CNC(C)(C)Oc1ccc(OCCOCCc2ccc(F)cc2F)cc1.Cl. The van der Waals surface area contributed by atoms with Gasteiger partial charge in [0.05, 0.1) is 19.3 Å². The number of benzene rings is 2. The molecule has 5 nitrogen and oxygen atoms in total. The lowest BCUT2D eigenvalue weighted by Gasteiger charge is -2.28. The molecule has 0 fully saturated rings. The third kappa shape index (κ3) is 9.71. The van der Waals surface area contributed by atoms with Gasteiger partial charge in [-0.05, 0) is 63.1 Å². The van der Waals surface area contributed by atoms with Crippen molar-refractivity contribution in [2.24, 2.45) is 0 Å². The topological polar surface area (TPSA) is 60.0 Å². The minimum Gasteiger partial charge on any atom is -0.491 e. The normalized spacial score (nSPS) is 12.2. The van der Waals surface area contributed by atoms with Crippen molar-refractivity contribution < 1.29 is 28.1 Å². The molecule has 168 valence electrons. The fraction of sp³-hybridized carbons (Fsp3) is 0.455. The molecule has 0 saturated carbocycles. The molecule has 0 spiro atoms. The number of aliphatic hydroxyl groups is 1. The van der Waals surface area contributed by atoms with Gasteiger partial charge in [0.2, 0.25) is 0 Å². The Kier molecular flexibility index (Phi) is 11.0. The molecule has 1 atom stereocenters. The van der Waals surface area contributed by atoms with E-state index in [1.54, 1.807) is 31.2 Å². The molecule has 2 aromatic carbocycles.